The summed E-state index contributed by atoms with van der Waals surface area (Å²) in [7, 11) is -3.69. The third kappa shape index (κ3) is 4.28. The molecule has 0 spiro atoms. The fourth-order valence-electron chi connectivity index (χ4n) is 1.79. The lowest BCUT2D eigenvalue weighted by Gasteiger charge is -2.08. The van der Waals surface area contributed by atoms with E-state index in [9.17, 15) is 8.42 Å². The first-order chi connectivity index (χ1) is 10.5. The number of hydrogen-bond donors (Lipinski definition) is 2. The molecule has 0 saturated heterocycles. The van der Waals surface area contributed by atoms with Gasteiger partial charge in [-0.15, -0.1) is 0 Å². The van der Waals surface area contributed by atoms with E-state index in [4.69, 9.17) is 4.42 Å². The molecule has 0 saturated carbocycles. The normalized spacial score (nSPS) is 11.5. The first-order valence-corrected chi connectivity index (χ1v) is 8.61. The van der Waals surface area contributed by atoms with Crippen LogP contribution in [0.5, 0.6) is 0 Å². The van der Waals surface area contributed by atoms with Crippen LogP contribution in [0.4, 0.5) is 5.82 Å². The molecule has 2 heterocycles. The minimum atomic E-state index is -3.69. The van der Waals surface area contributed by atoms with Gasteiger partial charge in [-0.05, 0) is 25.5 Å². The van der Waals surface area contributed by atoms with Crippen molar-refractivity contribution >= 4 is 15.8 Å². The number of aryl methyl sites for hydroxylation is 1. The molecular formula is C14H20N4O3S. The molecule has 2 N–H and O–H groups in total. The highest BCUT2D eigenvalue weighted by molar-refractivity contribution is 7.89. The van der Waals surface area contributed by atoms with Crippen molar-refractivity contribution in [3.05, 3.63) is 36.0 Å². The largest absolute Gasteiger partial charge is 0.448 e. The average Bonchev–Trinajstić information content (AvgIpc) is 2.91. The monoisotopic (exact) mass is 324 g/mol. The van der Waals surface area contributed by atoms with Gasteiger partial charge < -0.3 is 9.73 Å². The lowest BCUT2D eigenvalue weighted by molar-refractivity contribution is 0.523. The predicted molar refractivity (Wildman–Crippen MR) is 82.9 cm³/mol. The minimum absolute atomic E-state index is 0.0184. The Labute approximate surface area is 130 Å². The summed E-state index contributed by atoms with van der Waals surface area (Å²) in [5, 5.41) is 3.09. The highest BCUT2D eigenvalue weighted by atomic mass is 32.2. The van der Waals surface area contributed by atoms with Gasteiger partial charge in [0.25, 0.3) is 10.0 Å². The lowest BCUT2D eigenvalue weighted by Crippen LogP contribution is -2.25. The molecule has 2 rings (SSSR count). The van der Waals surface area contributed by atoms with Gasteiger partial charge >= 0.3 is 0 Å². The zero-order valence-corrected chi connectivity index (χ0v) is 13.5. The molecule has 2 aromatic rings. The fourth-order valence-corrected chi connectivity index (χ4v) is 2.74. The molecule has 2 aromatic heterocycles. The number of hydrogen-bond acceptors (Lipinski definition) is 6. The molecule has 0 aromatic carbocycles. The van der Waals surface area contributed by atoms with Crippen LogP contribution in [0.15, 0.2) is 34.0 Å². The Bertz CT molecular complexity index is 712. The molecule has 0 fully saturated rings. The van der Waals surface area contributed by atoms with Crippen LogP contribution in [0.1, 0.15) is 31.2 Å². The predicted octanol–water partition coefficient (Wildman–Crippen LogP) is 2.07. The van der Waals surface area contributed by atoms with Crippen LogP contribution in [0.25, 0.3) is 0 Å². The van der Waals surface area contributed by atoms with Gasteiger partial charge in [0, 0.05) is 6.54 Å². The Balaban J connectivity index is 2.05. The summed E-state index contributed by atoms with van der Waals surface area (Å²) in [4.78, 5) is 8.09. The number of unbranched alkanes of at least 4 members (excludes halogenated alkanes) is 1. The molecule has 0 aliphatic carbocycles. The van der Waals surface area contributed by atoms with Crippen LogP contribution < -0.4 is 10.0 Å². The van der Waals surface area contributed by atoms with Crippen molar-refractivity contribution in [3.63, 3.8) is 0 Å². The zero-order valence-electron chi connectivity index (χ0n) is 12.7. The average molecular weight is 324 g/mol. The van der Waals surface area contributed by atoms with Gasteiger partial charge in [0.15, 0.2) is 11.4 Å². The highest BCUT2D eigenvalue weighted by Crippen LogP contribution is 2.12. The smallest absolute Gasteiger partial charge is 0.258 e. The van der Waals surface area contributed by atoms with Crippen LogP contribution in [-0.4, -0.2) is 24.9 Å². The summed E-state index contributed by atoms with van der Waals surface area (Å²) in [6, 6.07) is 4.87. The number of rotatable bonds is 8. The molecule has 0 radical (unpaired) electrons. The van der Waals surface area contributed by atoms with Crippen molar-refractivity contribution < 1.29 is 12.8 Å². The first kappa shape index (κ1) is 16.4. The van der Waals surface area contributed by atoms with Crippen LogP contribution >= 0.6 is 0 Å². The summed E-state index contributed by atoms with van der Waals surface area (Å²) in [5.41, 5.74) is 0.556. The van der Waals surface area contributed by atoms with Crippen molar-refractivity contribution in [2.45, 2.75) is 38.3 Å². The SMILES string of the molecule is CCCCNc1cccc(S(=O)(=O)NCc2ncoc2C)n1. The maximum absolute atomic E-state index is 12.3. The van der Waals surface area contributed by atoms with Crippen molar-refractivity contribution in [2.75, 3.05) is 11.9 Å². The number of aromatic nitrogens is 2. The van der Waals surface area contributed by atoms with E-state index in [1.165, 1.54) is 12.5 Å². The number of oxazole rings is 1. The van der Waals surface area contributed by atoms with E-state index < -0.39 is 10.0 Å². The van der Waals surface area contributed by atoms with E-state index in [2.05, 4.69) is 26.9 Å². The minimum Gasteiger partial charge on any atom is -0.448 e. The first-order valence-electron chi connectivity index (χ1n) is 7.12. The van der Waals surface area contributed by atoms with Crippen molar-refractivity contribution in [2.24, 2.45) is 0 Å². The Morgan fingerprint density at radius 3 is 2.82 bits per heavy atom. The molecule has 0 aliphatic rings. The van der Waals surface area contributed by atoms with Gasteiger partial charge in [0.1, 0.15) is 11.6 Å². The Morgan fingerprint density at radius 2 is 2.14 bits per heavy atom. The van der Waals surface area contributed by atoms with Crippen molar-refractivity contribution in [1.82, 2.24) is 14.7 Å². The molecule has 22 heavy (non-hydrogen) atoms. The number of nitrogens with one attached hydrogen (secondary N) is 2. The second-order valence-corrected chi connectivity index (χ2v) is 6.54. The van der Waals surface area contributed by atoms with Crippen LogP contribution in [0.2, 0.25) is 0 Å². The van der Waals surface area contributed by atoms with Crippen LogP contribution in [0.3, 0.4) is 0 Å². The highest BCUT2D eigenvalue weighted by Gasteiger charge is 2.17. The van der Waals surface area contributed by atoms with E-state index >= 15 is 0 Å². The van der Waals surface area contributed by atoms with E-state index in [-0.39, 0.29) is 11.6 Å². The molecule has 0 amide bonds. The second-order valence-electron chi connectivity index (χ2n) is 4.82. The molecule has 7 nitrogen and oxygen atoms in total. The second kappa shape index (κ2) is 7.37. The van der Waals surface area contributed by atoms with Gasteiger partial charge in [-0.25, -0.2) is 23.1 Å². The molecule has 120 valence electrons. The topological polar surface area (TPSA) is 97.1 Å². The van der Waals surface area contributed by atoms with Crippen LogP contribution in [-0.2, 0) is 16.6 Å². The third-order valence-corrected chi connectivity index (χ3v) is 4.41. The summed E-state index contributed by atoms with van der Waals surface area (Å²) in [6.07, 6.45) is 3.35. The number of nitrogens with zero attached hydrogens (tertiary/aromatic N) is 2. The molecular weight excluding hydrogens is 304 g/mol. The Hall–Kier alpha value is -1.93. The van der Waals surface area contributed by atoms with E-state index in [1.54, 1.807) is 19.1 Å². The molecule has 0 unspecified atom stereocenters. The van der Waals surface area contributed by atoms with Gasteiger partial charge in [-0.3, -0.25) is 0 Å². The molecule has 8 heteroatoms. The zero-order chi connectivity index (χ0) is 16.0. The van der Waals surface area contributed by atoms with E-state index in [0.29, 0.717) is 17.3 Å². The lowest BCUT2D eigenvalue weighted by atomic mass is 10.3. The maximum Gasteiger partial charge on any atom is 0.258 e. The van der Waals surface area contributed by atoms with Gasteiger partial charge in [-0.1, -0.05) is 19.4 Å². The van der Waals surface area contributed by atoms with Crippen molar-refractivity contribution in [1.29, 1.82) is 0 Å². The summed E-state index contributed by atoms with van der Waals surface area (Å²) >= 11 is 0. The number of pyridine rings is 1. The maximum atomic E-state index is 12.3. The molecule has 0 aliphatic heterocycles. The third-order valence-electron chi connectivity index (χ3n) is 3.11. The Morgan fingerprint density at radius 1 is 1.32 bits per heavy atom. The van der Waals surface area contributed by atoms with E-state index in [1.807, 2.05) is 0 Å². The Kier molecular flexibility index (Phi) is 5.51. The van der Waals surface area contributed by atoms with Crippen LogP contribution in [0, 0.1) is 6.92 Å². The van der Waals surface area contributed by atoms with Gasteiger partial charge in [-0.2, -0.15) is 0 Å². The molecule has 0 bridgehead atoms. The standard InChI is InChI=1S/C14H20N4O3S/c1-3-4-8-15-13-6-5-7-14(18-13)22(19,20)17-9-12-11(2)21-10-16-12/h5-7,10,17H,3-4,8-9H2,1-2H3,(H,15,18). The van der Waals surface area contributed by atoms with Gasteiger partial charge in [0.05, 0.1) is 12.2 Å². The van der Waals surface area contributed by atoms with E-state index in [0.717, 1.165) is 19.4 Å². The van der Waals surface area contributed by atoms with Gasteiger partial charge in [0.2, 0.25) is 0 Å². The molecule has 0 atom stereocenters. The quantitative estimate of drug-likeness (QED) is 0.722. The van der Waals surface area contributed by atoms with Crippen molar-refractivity contribution in [3.8, 4) is 0 Å². The summed E-state index contributed by atoms with van der Waals surface area (Å²) in [6.45, 7) is 4.65. The number of anilines is 1. The summed E-state index contributed by atoms with van der Waals surface area (Å²) in [5.74, 6) is 1.14. The number of sulfonamides is 1. The summed E-state index contributed by atoms with van der Waals surface area (Å²) < 4.78 is 32.0. The fraction of sp³-hybridized carbons (Fsp3) is 0.429.